The highest BCUT2D eigenvalue weighted by Crippen LogP contribution is 2.30. The SMILES string of the molecule is Cc1nc(Cc2ccccc2)nn1C1CCN(CC[C@H](NC(=O)CC2(N)CCCC2)c2ccccc2)CC1. The van der Waals surface area contributed by atoms with E-state index in [0.717, 1.165) is 88.2 Å². The lowest BCUT2D eigenvalue weighted by Crippen LogP contribution is -2.43. The summed E-state index contributed by atoms with van der Waals surface area (Å²) in [4.78, 5) is 20.2. The topological polar surface area (TPSA) is 89.1 Å². The molecule has 1 aliphatic carbocycles. The molecule has 0 bridgehead atoms. The van der Waals surface area contributed by atoms with E-state index in [1.165, 1.54) is 5.56 Å². The van der Waals surface area contributed by atoms with E-state index in [0.29, 0.717) is 12.5 Å². The summed E-state index contributed by atoms with van der Waals surface area (Å²) in [6.07, 6.45) is 8.36. The van der Waals surface area contributed by atoms with E-state index in [1.807, 2.05) is 24.3 Å². The molecule has 1 atom stereocenters. The Bertz CT molecular complexity index is 1160. The summed E-state index contributed by atoms with van der Waals surface area (Å²) in [5.74, 6) is 1.98. The molecule has 1 aliphatic heterocycles. The number of nitrogens with zero attached hydrogens (tertiary/aromatic N) is 4. The van der Waals surface area contributed by atoms with Gasteiger partial charge in [-0.05, 0) is 50.2 Å². The minimum absolute atomic E-state index is 0.00420. The maximum absolute atomic E-state index is 13.0. The Morgan fingerprint density at radius 2 is 1.71 bits per heavy atom. The number of nitrogens with two attached hydrogens (primary N) is 1. The molecule has 2 heterocycles. The maximum atomic E-state index is 13.0. The fourth-order valence-corrected chi connectivity index (χ4v) is 6.18. The second-order valence-corrected chi connectivity index (χ2v) is 11.3. The van der Waals surface area contributed by atoms with Gasteiger partial charge < -0.3 is 16.0 Å². The lowest BCUT2D eigenvalue weighted by atomic mass is 9.93. The predicted molar refractivity (Wildman–Crippen MR) is 151 cm³/mol. The van der Waals surface area contributed by atoms with Gasteiger partial charge in [-0.15, -0.1) is 0 Å². The first-order valence-electron chi connectivity index (χ1n) is 14.3. The van der Waals surface area contributed by atoms with Crippen molar-refractivity contribution in [1.82, 2.24) is 25.0 Å². The van der Waals surface area contributed by atoms with Gasteiger partial charge in [-0.25, -0.2) is 9.67 Å². The lowest BCUT2D eigenvalue weighted by molar-refractivity contribution is -0.123. The van der Waals surface area contributed by atoms with Crippen LogP contribution in [-0.2, 0) is 11.2 Å². The molecule has 2 aliphatic rings. The molecular weight excluding hydrogens is 472 g/mol. The standard InChI is InChI=1S/C31H42N6O/c1-24-33-29(22-25-10-4-2-5-11-25)35-37(24)27-14-19-36(20-15-27)21-16-28(26-12-6-3-7-13-26)34-30(38)23-31(32)17-8-9-18-31/h2-7,10-13,27-28H,8-9,14-23,32H2,1H3,(H,34,38)/t28-/m0/s1. The Labute approximate surface area is 226 Å². The van der Waals surface area contributed by atoms with Gasteiger partial charge in [0.2, 0.25) is 5.91 Å². The molecule has 5 rings (SSSR count). The van der Waals surface area contributed by atoms with Crippen molar-refractivity contribution in [2.24, 2.45) is 5.73 Å². The molecule has 0 radical (unpaired) electrons. The van der Waals surface area contributed by atoms with Gasteiger partial charge in [0.25, 0.3) is 0 Å². The molecule has 7 nitrogen and oxygen atoms in total. The monoisotopic (exact) mass is 514 g/mol. The quantitative estimate of drug-likeness (QED) is 0.409. The van der Waals surface area contributed by atoms with Crippen LogP contribution in [0.25, 0.3) is 0 Å². The van der Waals surface area contributed by atoms with Crippen molar-refractivity contribution in [2.45, 2.75) is 82.3 Å². The third kappa shape index (κ3) is 6.88. The Morgan fingerprint density at radius 3 is 2.39 bits per heavy atom. The Kier molecular flexibility index (Phi) is 8.55. The van der Waals surface area contributed by atoms with E-state index in [4.69, 9.17) is 15.8 Å². The normalized spacial score (nSPS) is 18.9. The molecule has 202 valence electrons. The number of amides is 1. The summed E-state index contributed by atoms with van der Waals surface area (Å²) in [5.41, 5.74) is 8.57. The number of aryl methyl sites for hydroxylation is 1. The van der Waals surface area contributed by atoms with Crippen LogP contribution in [0.5, 0.6) is 0 Å². The summed E-state index contributed by atoms with van der Waals surface area (Å²) in [5, 5.41) is 8.20. The van der Waals surface area contributed by atoms with Crippen LogP contribution >= 0.6 is 0 Å². The molecule has 0 unspecified atom stereocenters. The van der Waals surface area contributed by atoms with Gasteiger partial charge in [0.1, 0.15) is 5.82 Å². The van der Waals surface area contributed by atoms with Crippen LogP contribution < -0.4 is 11.1 Å². The number of rotatable bonds is 10. The zero-order valence-electron chi connectivity index (χ0n) is 22.7. The van der Waals surface area contributed by atoms with Crippen LogP contribution in [0.15, 0.2) is 60.7 Å². The number of hydrogen-bond acceptors (Lipinski definition) is 5. The fraction of sp³-hybridized carbons (Fsp3) is 0.516. The van der Waals surface area contributed by atoms with Crippen LogP contribution in [0, 0.1) is 6.92 Å². The first-order valence-corrected chi connectivity index (χ1v) is 14.3. The number of carbonyl (C=O) groups is 1. The smallest absolute Gasteiger partial charge is 0.222 e. The van der Waals surface area contributed by atoms with Crippen LogP contribution in [0.3, 0.4) is 0 Å². The van der Waals surface area contributed by atoms with Crippen molar-refractivity contribution >= 4 is 5.91 Å². The number of hydrogen-bond donors (Lipinski definition) is 2. The van der Waals surface area contributed by atoms with E-state index in [9.17, 15) is 4.79 Å². The minimum Gasteiger partial charge on any atom is -0.349 e. The highest BCUT2D eigenvalue weighted by atomic mass is 16.1. The second kappa shape index (κ2) is 12.2. The Morgan fingerprint density at radius 1 is 1.05 bits per heavy atom. The molecule has 2 fully saturated rings. The molecule has 38 heavy (non-hydrogen) atoms. The molecule has 1 amide bonds. The highest BCUT2D eigenvalue weighted by Gasteiger charge is 2.32. The average molecular weight is 515 g/mol. The van der Waals surface area contributed by atoms with Crippen LogP contribution in [0.2, 0.25) is 0 Å². The van der Waals surface area contributed by atoms with Crippen LogP contribution in [0.4, 0.5) is 0 Å². The molecule has 3 N–H and O–H groups in total. The van der Waals surface area contributed by atoms with Crippen molar-refractivity contribution in [3.63, 3.8) is 0 Å². The third-order valence-corrected chi connectivity index (χ3v) is 8.34. The van der Waals surface area contributed by atoms with Gasteiger partial charge in [-0.3, -0.25) is 4.79 Å². The lowest BCUT2D eigenvalue weighted by Gasteiger charge is -2.33. The van der Waals surface area contributed by atoms with Gasteiger partial charge in [0.05, 0.1) is 12.1 Å². The fourth-order valence-electron chi connectivity index (χ4n) is 6.18. The van der Waals surface area contributed by atoms with E-state index < -0.39 is 0 Å². The van der Waals surface area contributed by atoms with Crippen molar-refractivity contribution in [2.75, 3.05) is 19.6 Å². The van der Waals surface area contributed by atoms with E-state index >= 15 is 0 Å². The molecule has 1 aromatic heterocycles. The summed E-state index contributed by atoms with van der Waals surface area (Å²) in [6.45, 7) is 5.08. The molecule has 3 aromatic rings. The number of piperidine rings is 1. The van der Waals surface area contributed by atoms with E-state index in [1.54, 1.807) is 0 Å². The first kappa shape index (κ1) is 26.6. The highest BCUT2D eigenvalue weighted by molar-refractivity contribution is 5.77. The number of likely N-dealkylation sites (tertiary alicyclic amines) is 1. The Balaban J connectivity index is 1.14. The van der Waals surface area contributed by atoms with Crippen molar-refractivity contribution in [3.05, 3.63) is 83.4 Å². The Hall–Kier alpha value is -3.03. The van der Waals surface area contributed by atoms with E-state index in [2.05, 4.69) is 58.2 Å². The van der Waals surface area contributed by atoms with Gasteiger partial charge >= 0.3 is 0 Å². The number of aromatic nitrogens is 3. The number of nitrogens with one attached hydrogen (secondary N) is 1. The second-order valence-electron chi connectivity index (χ2n) is 11.3. The minimum atomic E-state index is -0.326. The summed E-state index contributed by atoms with van der Waals surface area (Å²) in [7, 11) is 0. The van der Waals surface area contributed by atoms with Gasteiger partial charge in [0, 0.05) is 38.0 Å². The van der Waals surface area contributed by atoms with Crippen LogP contribution in [0.1, 0.15) is 86.2 Å². The predicted octanol–water partition coefficient (Wildman–Crippen LogP) is 4.72. The third-order valence-electron chi connectivity index (χ3n) is 8.34. The summed E-state index contributed by atoms with van der Waals surface area (Å²) in [6, 6.07) is 21.2. The molecule has 0 spiro atoms. The number of carbonyl (C=O) groups excluding carboxylic acids is 1. The molecular formula is C31H42N6O. The first-order chi connectivity index (χ1) is 18.5. The summed E-state index contributed by atoms with van der Waals surface area (Å²) < 4.78 is 2.15. The van der Waals surface area contributed by atoms with E-state index in [-0.39, 0.29) is 17.5 Å². The maximum Gasteiger partial charge on any atom is 0.222 e. The molecule has 1 saturated heterocycles. The zero-order valence-corrected chi connectivity index (χ0v) is 22.7. The van der Waals surface area contributed by atoms with Gasteiger partial charge in [0.15, 0.2) is 5.82 Å². The average Bonchev–Trinajstić information content (AvgIpc) is 3.52. The van der Waals surface area contributed by atoms with Crippen molar-refractivity contribution in [3.8, 4) is 0 Å². The number of benzene rings is 2. The zero-order chi connectivity index (χ0) is 26.4. The largest absolute Gasteiger partial charge is 0.349 e. The van der Waals surface area contributed by atoms with Gasteiger partial charge in [-0.1, -0.05) is 73.5 Å². The van der Waals surface area contributed by atoms with Crippen LogP contribution in [-0.4, -0.2) is 50.7 Å². The van der Waals surface area contributed by atoms with Crippen molar-refractivity contribution < 1.29 is 4.79 Å². The van der Waals surface area contributed by atoms with Gasteiger partial charge in [-0.2, -0.15) is 5.10 Å². The molecule has 2 aromatic carbocycles. The summed E-state index contributed by atoms with van der Waals surface area (Å²) >= 11 is 0. The molecule has 7 heteroatoms. The molecule has 1 saturated carbocycles. The van der Waals surface area contributed by atoms with Crippen molar-refractivity contribution in [1.29, 1.82) is 0 Å².